The molecule has 0 spiro atoms. The van der Waals surface area contributed by atoms with Crippen LogP contribution in [-0.4, -0.2) is 56.6 Å². The first kappa shape index (κ1) is 18.9. The standard InChI is InChI=1S/C17H19F2N5O3/c18-14-3-1-2-13(17(14)19)12-21-8-10-22(11-9-21)16(25)5-7-23-6-4-15(20-23)24(26)27/h1-4,6H,5,7-12H2. The summed E-state index contributed by atoms with van der Waals surface area (Å²) in [6.07, 6.45) is 1.66. The molecule has 0 unspecified atom stereocenters. The third kappa shape index (κ3) is 4.64. The fraction of sp³-hybridized carbons (Fsp3) is 0.412. The summed E-state index contributed by atoms with van der Waals surface area (Å²) in [7, 11) is 0. The van der Waals surface area contributed by atoms with E-state index in [4.69, 9.17) is 0 Å². The summed E-state index contributed by atoms with van der Waals surface area (Å²) in [6.45, 7) is 2.68. The molecule has 1 fully saturated rings. The molecule has 1 saturated heterocycles. The number of halogens is 2. The number of nitrogens with zero attached hydrogens (tertiary/aromatic N) is 5. The molecule has 1 aromatic heterocycles. The molecular weight excluding hydrogens is 360 g/mol. The van der Waals surface area contributed by atoms with Crippen LogP contribution < -0.4 is 0 Å². The Morgan fingerprint density at radius 3 is 2.59 bits per heavy atom. The lowest BCUT2D eigenvalue weighted by atomic mass is 10.1. The van der Waals surface area contributed by atoms with Gasteiger partial charge in [0.25, 0.3) is 0 Å². The highest BCUT2D eigenvalue weighted by molar-refractivity contribution is 5.76. The van der Waals surface area contributed by atoms with Gasteiger partial charge in [0.1, 0.15) is 0 Å². The molecule has 144 valence electrons. The van der Waals surface area contributed by atoms with Crippen LogP contribution in [0.5, 0.6) is 0 Å². The molecule has 0 radical (unpaired) electrons. The summed E-state index contributed by atoms with van der Waals surface area (Å²) in [4.78, 5) is 26.0. The van der Waals surface area contributed by atoms with E-state index < -0.39 is 16.6 Å². The van der Waals surface area contributed by atoms with Crippen molar-refractivity contribution in [2.24, 2.45) is 0 Å². The first-order valence-electron chi connectivity index (χ1n) is 8.55. The normalized spacial score (nSPS) is 15.1. The number of nitro groups is 1. The number of benzene rings is 1. The Kier molecular flexibility index (Phi) is 5.75. The number of hydrogen-bond acceptors (Lipinski definition) is 5. The quantitative estimate of drug-likeness (QED) is 0.565. The summed E-state index contributed by atoms with van der Waals surface area (Å²) in [5.74, 6) is -2.00. The minimum absolute atomic E-state index is 0.0651. The van der Waals surface area contributed by atoms with E-state index in [2.05, 4.69) is 5.10 Å². The van der Waals surface area contributed by atoms with Crippen LogP contribution in [0.2, 0.25) is 0 Å². The molecule has 0 N–H and O–H groups in total. The molecular formula is C17H19F2N5O3. The highest BCUT2D eigenvalue weighted by Gasteiger charge is 2.22. The second-order valence-electron chi connectivity index (χ2n) is 6.31. The summed E-state index contributed by atoms with van der Waals surface area (Å²) in [5, 5.41) is 14.4. The number of aryl methyl sites for hydroxylation is 1. The maximum atomic E-state index is 13.8. The minimum atomic E-state index is -0.861. The number of aromatic nitrogens is 2. The topological polar surface area (TPSA) is 84.5 Å². The smallest absolute Gasteiger partial charge is 0.358 e. The first-order chi connectivity index (χ1) is 12.9. The van der Waals surface area contributed by atoms with Crippen molar-refractivity contribution in [1.82, 2.24) is 19.6 Å². The molecule has 3 rings (SSSR count). The van der Waals surface area contributed by atoms with E-state index in [0.717, 1.165) is 6.07 Å². The van der Waals surface area contributed by atoms with Gasteiger partial charge in [0, 0.05) is 44.7 Å². The fourth-order valence-electron chi connectivity index (χ4n) is 3.01. The predicted octanol–water partition coefficient (Wildman–Crippen LogP) is 1.80. The Morgan fingerprint density at radius 2 is 1.93 bits per heavy atom. The Hall–Kier alpha value is -2.88. The average molecular weight is 379 g/mol. The molecule has 10 heteroatoms. The predicted molar refractivity (Wildman–Crippen MR) is 91.7 cm³/mol. The van der Waals surface area contributed by atoms with Gasteiger partial charge in [-0.05, 0) is 11.0 Å². The third-order valence-electron chi connectivity index (χ3n) is 4.52. The number of rotatable bonds is 6. The molecule has 8 nitrogen and oxygen atoms in total. The van der Waals surface area contributed by atoms with Gasteiger partial charge in [0.15, 0.2) is 11.6 Å². The number of carbonyl (C=O) groups excluding carboxylic acids is 1. The van der Waals surface area contributed by atoms with Crippen LogP contribution in [0.25, 0.3) is 0 Å². The summed E-state index contributed by atoms with van der Waals surface area (Å²) < 4.78 is 28.4. The van der Waals surface area contributed by atoms with Gasteiger partial charge in [0.2, 0.25) is 5.91 Å². The summed E-state index contributed by atoms with van der Waals surface area (Å²) in [5.41, 5.74) is 0.301. The zero-order chi connectivity index (χ0) is 19.4. The molecule has 27 heavy (non-hydrogen) atoms. The molecule has 2 aromatic rings. The highest BCUT2D eigenvalue weighted by atomic mass is 19.2. The van der Waals surface area contributed by atoms with Crippen molar-refractivity contribution in [3.05, 3.63) is 57.8 Å². The van der Waals surface area contributed by atoms with Crippen molar-refractivity contribution in [2.75, 3.05) is 26.2 Å². The fourth-order valence-corrected chi connectivity index (χ4v) is 3.01. The van der Waals surface area contributed by atoms with Crippen LogP contribution in [0.1, 0.15) is 12.0 Å². The monoisotopic (exact) mass is 379 g/mol. The van der Waals surface area contributed by atoms with Crippen molar-refractivity contribution >= 4 is 11.7 Å². The highest BCUT2D eigenvalue weighted by Crippen LogP contribution is 2.15. The zero-order valence-corrected chi connectivity index (χ0v) is 14.6. The van der Waals surface area contributed by atoms with Crippen LogP contribution in [0.15, 0.2) is 30.5 Å². The molecule has 1 aliphatic heterocycles. The van der Waals surface area contributed by atoms with E-state index in [1.165, 1.54) is 23.0 Å². The Labute approximate surface area is 154 Å². The summed E-state index contributed by atoms with van der Waals surface area (Å²) in [6, 6.07) is 5.41. The Bertz CT molecular complexity index is 834. The first-order valence-corrected chi connectivity index (χ1v) is 8.55. The molecule has 0 bridgehead atoms. The average Bonchev–Trinajstić information content (AvgIpc) is 3.13. The van der Waals surface area contributed by atoms with E-state index in [1.54, 1.807) is 11.0 Å². The van der Waals surface area contributed by atoms with E-state index in [9.17, 15) is 23.7 Å². The van der Waals surface area contributed by atoms with Gasteiger partial charge in [-0.3, -0.25) is 9.69 Å². The molecule has 1 aliphatic rings. The van der Waals surface area contributed by atoms with Crippen molar-refractivity contribution in [2.45, 2.75) is 19.5 Å². The molecule has 0 atom stereocenters. The van der Waals surface area contributed by atoms with Crippen LogP contribution >= 0.6 is 0 Å². The molecule has 0 saturated carbocycles. The molecule has 2 heterocycles. The van der Waals surface area contributed by atoms with Gasteiger partial charge in [0.05, 0.1) is 23.9 Å². The lowest BCUT2D eigenvalue weighted by Crippen LogP contribution is -2.48. The van der Waals surface area contributed by atoms with E-state index in [1.807, 2.05) is 4.90 Å². The van der Waals surface area contributed by atoms with Gasteiger partial charge in [-0.2, -0.15) is 4.68 Å². The third-order valence-corrected chi connectivity index (χ3v) is 4.52. The largest absolute Gasteiger partial charge is 0.389 e. The maximum absolute atomic E-state index is 13.8. The van der Waals surface area contributed by atoms with Crippen LogP contribution in [-0.2, 0) is 17.9 Å². The van der Waals surface area contributed by atoms with Gasteiger partial charge >= 0.3 is 5.82 Å². The van der Waals surface area contributed by atoms with Gasteiger partial charge in [-0.25, -0.2) is 8.78 Å². The van der Waals surface area contributed by atoms with Gasteiger partial charge in [-0.15, -0.1) is 0 Å². The summed E-state index contributed by atoms with van der Waals surface area (Å²) >= 11 is 0. The van der Waals surface area contributed by atoms with Crippen LogP contribution in [0.3, 0.4) is 0 Å². The zero-order valence-electron chi connectivity index (χ0n) is 14.6. The van der Waals surface area contributed by atoms with E-state index >= 15 is 0 Å². The lowest BCUT2D eigenvalue weighted by Gasteiger charge is -2.34. The van der Waals surface area contributed by atoms with E-state index in [-0.39, 0.29) is 24.7 Å². The Balaban J connectivity index is 1.46. The number of amides is 1. The minimum Gasteiger partial charge on any atom is -0.358 e. The molecule has 0 aliphatic carbocycles. The number of hydrogen-bond donors (Lipinski definition) is 0. The second-order valence-corrected chi connectivity index (χ2v) is 6.31. The molecule has 1 amide bonds. The Morgan fingerprint density at radius 1 is 1.19 bits per heavy atom. The van der Waals surface area contributed by atoms with Gasteiger partial charge in [-0.1, -0.05) is 12.1 Å². The van der Waals surface area contributed by atoms with Crippen molar-refractivity contribution in [3.8, 4) is 0 Å². The SMILES string of the molecule is O=C(CCn1ccc([N+](=O)[O-])n1)N1CCN(Cc2cccc(F)c2F)CC1. The number of carbonyl (C=O) groups is 1. The second kappa shape index (κ2) is 8.21. The van der Waals surface area contributed by atoms with Gasteiger partial charge < -0.3 is 15.0 Å². The van der Waals surface area contributed by atoms with Crippen LogP contribution in [0, 0.1) is 21.7 Å². The van der Waals surface area contributed by atoms with Crippen molar-refractivity contribution in [1.29, 1.82) is 0 Å². The van der Waals surface area contributed by atoms with Crippen LogP contribution in [0.4, 0.5) is 14.6 Å². The molecule has 1 aromatic carbocycles. The van der Waals surface area contributed by atoms with Crippen molar-refractivity contribution < 1.29 is 18.5 Å². The van der Waals surface area contributed by atoms with Crippen molar-refractivity contribution in [3.63, 3.8) is 0 Å². The maximum Gasteiger partial charge on any atom is 0.389 e. The van der Waals surface area contributed by atoms with E-state index in [0.29, 0.717) is 38.3 Å². The lowest BCUT2D eigenvalue weighted by molar-refractivity contribution is -0.389. The number of piperazine rings is 1.